The van der Waals surface area contributed by atoms with Gasteiger partial charge in [-0.15, -0.1) is 0 Å². The fraction of sp³-hybridized carbons (Fsp3) is 0.333. The lowest BCUT2D eigenvalue weighted by molar-refractivity contribution is 0.0697. The van der Waals surface area contributed by atoms with Crippen LogP contribution in [0.2, 0.25) is 0 Å². The van der Waals surface area contributed by atoms with E-state index >= 15 is 0 Å². The fourth-order valence-corrected chi connectivity index (χ4v) is 3.97. The first-order valence-corrected chi connectivity index (χ1v) is 9.75. The van der Waals surface area contributed by atoms with Crippen molar-refractivity contribution in [3.8, 4) is 0 Å². The third kappa shape index (κ3) is 4.32. The topological polar surface area (TPSA) is 99.6 Å². The molecule has 2 rings (SSSR count). The quantitative estimate of drug-likeness (QED) is 0.769. The number of rotatable bonds is 7. The molecule has 0 fully saturated rings. The second-order valence-electron chi connectivity index (χ2n) is 6.00. The molecule has 0 saturated carbocycles. The second kappa shape index (κ2) is 7.74. The Morgan fingerprint density at radius 3 is 2.19 bits per heavy atom. The first-order valence-electron chi connectivity index (χ1n) is 8.27. The second-order valence-corrected chi connectivity index (χ2v) is 7.68. The highest BCUT2D eigenvalue weighted by atomic mass is 32.2. The average molecular weight is 377 g/mol. The lowest BCUT2D eigenvalue weighted by Gasteiger charge is -2.22. The normalized spacial score (nSPS) is 11.2. The van der Waals surface area contributed by atoms with Crippen LogP contribution in [0.25, 0.3) is 0 Å². The highest BCUT2D eigenvalue weighted by molar-refractivity contribution is 7.92. The van der Waals surface area contributed by atoms with Gasteiger partial charge in [0.1, 0.15) is 11.4 Å². The molecule has 2 N–H and O–H groups in total. The minimum atomic E-state index is -3.84. The Labute approximate surface area is 153 Å². The van der Waals surface area contributed by atoms with Crippen molar-refractivity contribution < 1.29 is 18.3 Å². The summed E-state index contributed by atoms with van der Waals surface area (Å²) in [5, 5.41) is 9.47. The molecule has 0 atom stereocenters. The summed E-state index contributed by atoms with van der Waals surface area (Å²) in [6, 6.07) is 6.29. The Bertz CT molecular complexity index is 902. The van der Waals surface area contributed by atoms with Crippen LogP contribution < -0.4 is 9.62 Å². The molecule has 0 spiro atoms. The van der Waals surface area contributed by atoms with E-state index < -0.39 is 16.0 Å². The molecule has 140 valence electrons. The number of benzene rings is 1. The van der Waals surface area contributed by atoms with Crippen LogP contribution in [0.1, 0.15) is 35.3 Å². The third-order valence-electron chi connectivity index (χ3n) is 3.92. The maximum Gasteiger partial charge on any atom is 0.339 e. The van der Waals surface area contributed by atoms with Gasteiger partial charge in [0.15, 0.2) is 0 Å². The molecular formula is C18H23N3O4S. The van der Waals surface area contributed by atoms with E-state index in [1.807, 2.05) is 33.8 Å². The summed E-state index contributed by atoms with van der Waals surface area (Å²) in [5.41, 5.74) is 1.71. The molecule has 0 saturated heterocycles. The molecule has 0 bridgehead atoms. The van der Waals surface area contributed by atoms with E-state index in [2.05, 4.69) is 9.71 Å². The molecule has 0 aliphatic rings. The first kappa shape index (κ1) is 19.7. The zero-order valence-corrected chi connectivity index (χ0v) is 16.1. The van der Waals surface area contributed by atoms with E-state index in [0.29, 0.717) is 18.9 Å². The van der Waals surface area contributed by atoms with E-state index in [1.165, 1.54) is 12.3 Å². The van der Waals surface area contributed by atoms with Gasteiger partial charge in [0.25, 0.3) is 10.0 Å². The number of anilines is 2. The van der Waals surface area contributed by atoms with Gasteiger partial charge in [-0.05, 0) is 57.0 Å². The summed E-state index contributed by atoms with van der Waals surface area (Å²) in [6.07, 6.45) is 1.33. The number of nitrogens with zero attached hydrogens (tertiary/aromatic N) is 2. The van der Waals surface area contributed by atoms with Crippen molar-refractivity contribution in [3.05, 3.63) is 47.2 Å². The Balaban J connectivity index is 2.43. The highest BCUT2D eigenvalue weighted by Gasteiger charge is 2.20. The van der Waals surface area contributed by atoms with Crippen LogP contribution in [0.3, 0.4) is 0 Å². The Morgan fingerprint density at radius 2 is 1.69 bits per heavy atom. The maximum atomic E-state index is 12.6. The Hall–Kier alpha value is -2.61. The van der Waals surface area contributed by atoms with Crippen LogP contribution in [0.4, 0.5) is 11.5 Å². The SMILES string of the molecule is CCN(CC)c1ncc(NS(=O)(=O)c2cc(C)cc(C)c2)cc1C(=O)O. The van der Waals surface area contributed by atoms with Crippen LogP contribution >= 0.6 is 0 Å². The molecule has 7 nitrogen and oxygen atoms in total. The van der Waals surface area contributed by atoms with Gasteiger partial charge in [-0.2, -0.15) is 0 Å². The van der Waals surface area contributed by atoms with Crippen molar-refractivity contribution in [2.24, 2.45) is 0 Å². The smallest absolute Gasteiger partial charge is 0.339 e. The number of carboxylic acids is 1. The Kier molecular flexibility index (Phi) is 5.86. The molecule has 0 amide bonds. The monoisotopic (exact) mass is 377 g/mol. The molecule has 0 unspecified atom stereocenters. The van der Waals surface area contributed by atoms with Gasteiger partial charge in [0.05, 0.1) is 16.8 Å². The van der Waals surface area contributed by atoms with Crippen LogP contribution in [0, 0.1) is 13.8 Å². The number of aromatic nitrogens is 1. The first-order chi connectivity index (χ1) is 12.2. The number of hydrogen-bond acceptors (Lipinski definition) is 5. The van der Waals surface area contributed by atoms with Crippen molar-refractivity contribution in [2.45, 2.75) is 32.6 Å². The Morgan fingerprint density at radius 1 is 1.12 bits per heavy atom. The summed E-state index contributed by atoms with van der Waals surface area (Å²) in [6.45, 7) is 8.61. The van der Waals surface area contributed by atoms with Crippen molar-refractivity contribution >= 4 is 27.5 Å². The summed E-state index contributed by atoms with van der Waals surface area (Å²) in [5.74, 6) is -0.844. The van der Waals surface area contributed by atoms with Gasteiger partial charge < -0.3 is 10.0 Å². The van der Waals surface area contributed by atoms with Gasteiger partial charge >= 0.3 is 5.97 Å². The number of aromatic carboxylic acids is 1. The molecule has 0 radical (unpaired) electrons. The van der Waals surface area contributed by atoms with Crippen molar-refractivity contribution in [2.75, 3.05) is 22.7 Å². The van der Waals surface area contributed by atoms with Gasteiger partial charge in [-0.25, -0.2) is 18.2 Å². The van der Waals surface area contributed by atoms with Gasteiger partial charge in [0, 0.05) is 13.1 Å². The van der Waals surface area contributed by atoms with Crippen LogP contribution in [0.5, 0.6) is 0 Å². The summed E-state index contributed by atoms with van der Waals surface area (Å²) < 4.78 is 27.7. The standard InChI is InChI=1S/C18H23N3O4S/c1-5-21(6-2)17-16(18(22)23)10-14(11-19-17)20-26(24,25)15-8-12(3)7-13(4)9-15/h7-11,20H,5-6H2,1-4H3,(H,22,23). The highest BCUT2D eigenvalue weighted by Crippen LogP contribution is 2.24. The molecule has 1 aromatic carbocycles. The minimum absolute atomic E-state index is 0.0469. The predicted octanol–water partition coefficient (Wildman–Crippen LogP) is 3.04. The van der Waals surface area contributed by atoms with Gasteiger partial charge in [-0.3, -0.25) is 4.72 Å². The minimum Gasteiger partial charge on any atom is -0.478 e. The van der Waals surface area contributed by atoms with Crippen LogP contribution in [0.15, 0.2) is 35.4 Å². The number of carbonyl (C=O) groups is 1. The summed E-state index contributed by atoms with van der Waals surface area (Å²) in [4.78, 5) is 17.7. The van der Waals surface area contributed by atoms with Crippen molar-refractivity contribution in [1.82, 2.24) is 4.98 Å². The maximum absolute atomic E-state index is 12.6. The fourth-order valence-electron chi connectivity index (χ4n) is 2.75. The van der Waals surface area contributed by atoms with E-state index in [0.717, 1.165) is 11.1 Å². The van der Waals surface area contributed by atoms with E-state index in [9.17, 15) is 18.3 Å². The van der Waals surface area contributed by atoms with E-state index in [4.69, 9.17) is 0 Å². The summed E-state index contributed by atoms with van der Waals surface area (Å²) in [7, 11) is -3.84. The largest absolute Gasteiger partial charge is 0.478 e. The molecule has 1 aromatic heterocycles. The molecule has 0 aliphatic carbocycles. The molecular weight excluding hydrogens is 354 g/mol. The predicted molar refractivity (Wildman–Crippen MR) is 101 cm³/mol. The van der Waals surface area contributed by atoms with Gasteiger partial charge in [-0.1, -0.05) is 6.07 Å². The van der Waals surface area contributed by atoms with Crippen LogP contribution in [-0.2, 0) is 10.0 Å². The van der Waals surface area contributed by atoms with Gasteiger partial charge in [0.2, 0.25) is 0 Å². The van der Waals surface area contributed by atoms with E-state index in [-0.39, 0.29) is 16.1 Å². The third-order valence-corrected chi connectivity index (χ3v) is 5.28. The number of aryl methyl sites for hydroxylation is 2. The number of hydrogen-bond donors (Lipinski definition) is 2. The molecule has 8 heteroatoms. The molecule has 0 aliphatic heterocycles. The lowest BCUT2D eigenvalue weighted by atomic mass is 10.2. The number of carboxylic acid groups (broad SMARTS) is 1. The van der Waals surface area contributed by atoms with Crippen molar-refractivity contribution in [3.63, 3.8) is 0 Å². The average Bonchev–Trinajstić information content (AvgIpc) is 2.55. The molecule has 1 heterocycles. The number of nitrogens with one attached hydrogen (secondary N) is 1. The molecule has 26 heavy (non-hydrogen) atoms. The summed E-state index contributed by atoms with van der Waals surface area (Å²) >= 11 is 0. The zero-order chi connectivity index (χ0) is 19.5. The lowest BCUT2D eigenvalue weighted by Crippen LogP contribution is -2.25. The molecule has 2 aromatic rings. The van der Waals surface area contributed by atoms with Crippen molar-refractivity contribution in [1.29, 1.82) is 0 Å². The van der Waals surface area contributed by atoms with Crippen LogP contribution in [-0.4, -0.2) is 37.6 Å². The number of sulfonamides is 1. The van der Waals surface area contributed by atoms with E-state index in [1.54, 1.807) is 17.0 Å². The zero-order valence-electron chi connectivity index (χ0n) is 15.3. The number of pyridine rings is 1.